The maximum atomic E-state index is 12.0. The van der Waals surface area contributed by atoms with Crippen molar-refractivity contribution in [2.45, 2.75) is 25.0 Å². The molecule has 2 aromatic rings. The molecule has 1 amide bonds. The third-order valence-corrected chi connectivity index (χ3v) is 4.20. The van der Waals surface area contributed by atoms with E-state index in [1.54, 1.807) is 18.2 Å². The number of hydrogen-bond donors (Lipinski definition) is 1. The number of nitrogens with one attached hydrogen (secondary N) is 1. The smallest absolute Gasteiger partial charge is 0.234 e. The van der Waals surface area contributed by atoms with Gasteiger partial charge in [-0.3, -0.25) is 4.79 Å². The third-order valence-electron chi connectivity index (χ3n) is 2.90. The Bertz CT molecular complexity index is 671. The number of carbonyl (C=O) groups excluding carboxylic acids is 1. The summed E-state index contributed by atoms with van der Waals surface area (Å²) >= 11 is 7.36. The van der Waals surface area contributed by atoms with Crippen molar-refractivity contribution in [2.24, 2.45) is 0 Å². The fourth-order valence-electron chi connectivity index (χ4n) is 1.88. The number of aromatic nitrogens is 3. The summed E-state index contributed by atoms with van der Waals surface area (Å²) in [6.07, 6.45) is 2.57. The highest BCUT2D eigenvalue weighted by molar-refractivity contribution is 7.99. The Hall–Kier alpha value is -1.79. The molecule has 0 radical (unpaired) electrons. The number of benzene rings is 1. The molecule has 1 aromatic heterocycles. The number of anilines is 1. The van der Waals surface area contributed by atoms with E-state index in [2.05, 4.69) is 22.1 Å². The molecule has 0 aliphatic carbocycles. The molecule has 0 atom stereocenters. The van der Waals surface area contributed by atoms with Gasteiger partial charge in [0.25, 0.3) is 0 Å². The van der Waals surface area contributed by atoms with E-state index in [1.165, 1.54) is 11.8 Å². The average Bonchev–Trinajstić information content (AvgIpc) is 2.90. The van der Waals surface area contributed by atoms with Gasteiger partial charge in [-0.1, -0.05) is 48.5 Å². The van der Waals surface area contributed by atoms with Crippen LogP contribution in [0.2, 0.25) is 5.02 Å². The maximum absolute atomic E-state index is 12.0. The summed E-state index contributed by atoms with van der Waals surface area (Å²) in [5, 5.41) is 12.3. The summed E-state index contributed by atoms with van der Waals surface area (Å²) in [6, 6.07) is 7.14. The van der Waals surface area contributed by atoms with Gasteiger partial charge in [0.05, 0.1) is 16.5 Å². The van der Waals surface area contributed by atoms with Crippen LogP contribution >= 0.6 is 23.4 Å². The average molecular weight is 337 g/mol. The van der Waals surface area contributed by atoms with Crippen molar-refractivity contribution in [1.82, 2.24) is 14.8 Å². The van der Waals surface area contributed by atoms with Crippen molar-refractivity contribution in [1.29, 1.82) is 0 Å². The molecule has 1 N–H and O–H groups in total. The highest BCUT2D eigenvalue weighted by atomic mass is 35.5. The molecule has 116 valence electrons. The summed E-state index contributed by atoms with van der Waals surface area (Å²) in [5.41, 5.74) is 0.608. The van der Waals surface area contributed by atoms with Gasteiger partial charge in [-0.15, -0.1) is 16.8 Å². The Kier molecular flexibility index (Phi) is 6.03. The highest BCUT2D eigenvalue weighted by Crippen LogP contribution is 2.22. The lowest BCUT2D eigenvalue weighted by Crippen LogP contribution is -2.15. The van der Waals surface area contributed by atoms with Crippen LogP contribution in [0.1, 0.15) is 12.7 Å². The van der Waals surface area contributed by atoms with Gasteiger partial charge in [0.15, 0.2) is 5.16 Å². The van der Waals surface area contributed by atoms with Crippen molar-refractivity contribution in [3.63, 3.8) is 0 Å². The van der Waals surface area contributed by atoms with Crippen LogP contribution in [0, 0.1) is 0 Å². The van der Waals surface area contributed by atoms with Gasteiger partial charge in [-0.2, -0.15) is 0 Å². The summed E-state index contributed by atoms with van der Waals surface area (Å²) < 4.78 is 1.96. The topological polar surface area (TPSA) is 59.8 Å². The predicted molar refractivity (Wildman–Crippen MR) is 90.4 cm³/mol. The van der Waals surface area contributed by atoms with Crippen LogP contribution in [-0.2, 0) is 17.8 Å². The third kappa shape index (κ3) is 4.11. The zero-order valence-corrected chi connectivity index (χ0v) is 13.8. The number of para-hydroxylation sites is 1. The van der Waals surface area contributed by atoms with Gasteiger partial charge in [0.1, 0.15) is 5.82 Å². The molecule has 0 saturated heterocycles. The van der Waals surface area contributed by atoms with Crippen LogP contribution in [0.4, 0.5) is 5.69 Å². The molecule has 0 aliphatic rings. The SMILES string of the molecule is C=CCn1c(CC)nnc1SCC(=O)Nc1ccccc1Cl. The summed E-state index contributed by atoms with van der Waals surface area (Å²) in [7, 11) is 0. The molecule has 1 heterocycles. The number of carbonyl (C=O) groups is 1. The number of nitrogens with zero attached hydrogens (tertiary/aromatic N) is 3. The van der Waals surface area contributed by atoms with Crippen molar-refractivity contribution in [3.8, 4) is 0 Å². The normalized spacial score (nSPS) is 10.5. The van der Waals surface area contributed by atoms with Crippen LogP contribution in [0.25, 0.3) is 0 Å². The number of allylic oxidation sites excluding steroid dienone is 1. The molecule has 2 rings (SSSR count). The number of rotatable bonds is 7. The largest absolute Gasteiger partial charge is 0.324 e. The number of amides is 1. The molecule has 5 nitrogen and oxygen atoms in total. The van der Waals surface area contributed by atoms with E-state index in [9.17, 15) is 4.79 Å². The zero-order valence-electron chi connectivity index (χ0n) is 12.3. The minimum absolute atomic E-state index is 0.135. The maximum Gasteiger partial charge on any atom is 0.234 e. The number of thioether (sulfide) groups is 1. The highest BCUT2D eigenvalue weighted by Gasteiger charge is 2.12. The Balaban J connectivity index is 1.98. The minimum Gasteiger partial charge on any atom is -0.324 e. The molecule has 0 spiro atoms. The van der Waals surface area contributed by atoms with Crippen LogP contribution in [0.15, 0.2) is 42.1 Å². The van der Waals surface area contributed by atoms with Crippen molar-refractivity contribution < 1.29 is 4.79 Å². The molecule has 0 bridgehead atoms. The summed E-state index contributed by atoms with van der Waals surface area (Å²) in [4.78, 5) is 12.0. The molecule has 0 aliphatic heterocycles. The van der Waals surface area contributed by atoms with Crippen LogP contribution < -0.4 is 5.32 Å². The predicted octanol–water partition coefficient (Wildman–Crippen LogP) is 3.41. The van der Waals surface area contributed by atoms with Gasteiger partial charge >= 0.3 is 0 Å². The molecular weight excluding hydrogens is 320 g/mol. The van der Waals surface area contributed by atoms with E-state index >= 15 is 0 Å². The molecule has 1 aromatic carbocycles. The second-order valence-corrected chi connectivity index (χ2v) is 5.82. The first-order valence-electron chi connectivity index (χ1n) is 6.85. The monoisotopic (exact) mass is 336 g/mol. The Labute approximate surface area is 138 Å². The Morgan fingerprint density at radius 2 is 2.23 bits per heavy atom. The fourth-order valence-corrected chi connectivity index (χ4v) is 2.83. The minimum atomic E-state index is -0.135. The Morgan fingerprint density at radius 3 is 2.91 bits per heavy atom. The lowest BCUT2D eigenvalue weighted by atomic mass is 10.3. The molecule has 7 heteroatoms. The number of halogens is 1. The zero-order chi connectivity index (χ0) is 15.9. The number of aryl methyl sites for hydroxylation is 1. The quantitative estimate of drug-likeness (QED) is 0.621. The van der Waals surface area contributed by atoms with Crippen LogP contribution in [0.5, 0.6) is 0 Å². The lowest BCUT2D eigenvalue weighted by Gasteiger charge is -2.08. The molecule has 0 unspecified atom stereocenters. The van der Waals surface area contributed by atoms with Crippen molar-refractivity contribution >= 4 is 35.0 Å². The van der Waals surface area contributed by atoms with Crippen molar-refractivity contribution in [2.75, 3.05) is 11.1 Å². The van der Waals surface area contributed by atoms with Crippen LogP contribution in [-0.4, -0.2) is 26.4 Å². The fraction of sp³-hybridized carbons (Fsp3) is 0.267. The standard InChI is InChI=1S/C15H17ClN4OS/c1-3-9-20-13(4-2)18-19-15(20)22-10-14(21)17-12-8-6-5-7-11(12)16/h3,5-8H,1,4,9-10H2,2H3,(H,17,21). The first-order valence-corrected chi connectivity index (χ1v) is 8.22. The van der Waals surface area contributed by atoms with E-state index in [0.717, 1.165) is 12.2 Å². The van der Waals surface area contributed by atoms with E-state index in [4.69, 9.17) is 11.6 Å². The van der Waals surface area contributed by atoms with Gasteiger partial charge < -0.3 is 9.88 Å². The molecule has 0 fully saturated rings. The Morgan fingerprint density at radius 1 is 1.45 bits per heavy atom. The summed E-state index contributed by atoms with van der Waals surface area (Å²) in [6.45, 7) is 6.38. The molecular formula is C15H17ClN4OS. The van der Waals surface area contributed by atoms with Crippen molar-refractivity contribution in [3.05, 3.63) is 47.8 Å². The lowest BCUT2D eigenvalue weighted by molar-refractivity contribution is -0.113. The van der Waals surface area contributed by atoms with Gasteiger partial charge in [0.2, 0.25) is 5.91 Å². The van der Waals surface area contributed by atoms with Gasteiger partial charge in [-0.25, -0.2) is 0 Å². The second kappa shape index (κ2) is 8.00. The molecule has 0 saturated carbocycles. The first kappa shape index (κ1) is 16.6. The van der Waals surface area contributed by atoms with E-state index in [0.29, 0.717) is 22.4 Å². The van der Waals surface area contributed by atoms with E-state index in [1.807, 2.05) is 23.6 Å². The van der Waals surface area contributed by atoms with Gasteiger partial charge in [0, 0.05) is 13.0 Å². The van der Waals surface area contributed by atoms with Crippen LogP contribution in [0.3, 0.4) is 0 Å². The molecule has 22 heavy (non-hydrogen) atoms. The van der Waals surface area contributed by atoms with Gasteiger partial charge in [-0.05, 0) is 12.1 Å². The second-order valence-electron chi connectivity index (χ2n) is 4.47. The van der Waals surface area contributed by atoms with E-state index < -0.39 is 0 Å². The first-order chi connectivity index (χ1) is 10.7. The van der Waals surface area contributed by atoms with E-state index in [-0.39, 0.29) is 11.7 Å². The number of hydrogen-bond acceptors (Lipinski definition) is 4. The summed E-state index contributed by atoms with van der Waals surface area (Å²) in [5.74, 6) is 0.989.